The summed E-state index contributed by atoms with van der Waals surface area (Å²) >= 11 is 1.14. The van der Waals surface area contributed by atoms with E-state index in [0.29, 0.717) is 24.1 Å². The van der Waals surface area contributed by atoms with Gasteiger partial charge in [-0.05, 0) is 46.8 Å². The second-order valence-electron chi connectivity index (χ2n) is 7.56. The second-order valence-corrected chi connectivity index (χ2v) is 10.4. The highest BCUT2D eigenvalue weighted by Crippen LogP contribution is 2.20. The molecule has 0 bridgehead atoms. The van der Waals surface area contributed by atoms with E-state index in [1.54, 1.807) is 35.7 Å². The van der Waals surface area contributed by atoms with Crippen molar-refractivity contribution in [2.75, 3.05) is 4.72 Å². The quantitative estimate of drug-likeness (QED) is 0.253. The zero-order valence-electron chi connectivity index (χ0n) is 18.2. The Bertz CT molecular complexity index is 1310. The largest absolute Gasteiger partial charge is 0.279 e. The molecule has 4 rings (SSSR count). The number of thiophene rings is 1. The molecule has 1 heterocycles. The van der Waals surface area contributed by atoms with Crippen molar-refractivity contribution in [1.29, 1.82) is 0 Å². The number of amides is 1. The molecule has 0 unspecified atom stereocenters. The third-order valence-electron chi connectivity index (χ3n) is 4.98. The van der Waals surface area contributed by atoms with E-state index in [0.717, 1.165) is 28.2 Å². The van der Waals surface area contributed by atoms with Crippen molar-refractivity contribution in [3.05, 3.63) is 119 Å². The Kier molecular flexibility index (Phi) is 7.51. The van der Waals surface area contributed by atoms with E-state index in [-0.39, 0.29) is 10.1 Å². The first kappa shape index (κ1) is 23.4. The first-order valence-corrected chi connectivity index (χ1v) is 13.0. The number of benzene rings is 3. The first-order chi connectivity index (χ1) is 16.5. The van der Waals surface area contributed by atoms with E-state index < -0.39 is 10.0 Å². The van der Waals surface area contributed by atoms with E-state index in [4.69, 9.17) is 0 Å². The van der Waals surface area contributed by atoms with Crippen LogP contribution in [0.5, 0.6) is 0 Å². The molecular weight excluding hydrogens is 466 g/mol. The maximum Gasteiger partial charge on any atom is 0.271 e. The van der Waals surface area contributed by atoms with Crippen LogP contribution in [0.15, 0.2) is 112 Å². The predicted molar refractivity (Wildman–Crippen MR) is 137 cm³/mol. The molecule has 0 spiro atoms. The van der Waals surface area contributed by atoms with Crippen LogP contribution in [0, 0.1) is 0 Å². The molecule has 4 aromatic rings. The number of carbonyl (C=O) groups excluding carboxylic acids is 1. The molecule has 0 aliphatic carbocycles. The Morgan fingerprint density at radius 1 is 0.765 bits per heavy atom. The summed E-state index contributed by atoms with van der Waals surface area (Å²) in [5, 5.41) is 6.11. The summed E-state index contributed by atoms with van der Waals surface area (Å²) in [6.07, 6.45) is 1.22. The Labute approximate surface area is 203 Å². The average Bonchev–Trinajstić information content (AvgIpc) is 3.40. The standard InChI is InChI=1S/C26H23N3O3S2/c30-26(22-13-15-23(16-14-22)29-34(31,32)25-12-7-17-33-25)28-27-24(18-20-8-3-1-4-9-20)19-21-10-5-2-6-11-21/h1-17,29H,18-19H2,(H,28,30). The lowest BCUT2D eigenvalue weighted by atomic mass is 10.0. The van der Waals surface area contributed by atoms with Crippen molar-refractivity contribution in [3.8, 4) is 0 Å². The summed E-state index contributed by atoms with van der Waals surface area (Å²) in [4.78, 5) is 12.7. The average molecular weight is 490 g/mol. The van der Waals surface area contributed by atoms with Gasteiger partial charge >= 0.3 is 0 Å². The van der Waals surface area contributed by atoms with Crippen LogP contribution in [0.25, 0.3) is 0 Å². The number of hydrazone groups is 1. The highest BCUT2D eigenvalue weighted by atomic mass is 32.2. The number of nitrogens with zero attached hydrogens (tertiary/aromatic N) is 1. The van der Waals surface area contributed by atoms with Crippen molar-refractivity contribution in [2.24, 2.45) is 5.10 Å². The van der Waals surface area contributed by atoms with E-state index >= 15 is 0 Å². The Morgan fingerprint density at radius 2 is 1.35 bits per heavy atom. The molecule has 6 nitrogen and oxygen atoms in total. The Balaban J connectivity index is 1.45. The number of nitrogens with one attached hydrogen (secondary N) is 2. The van der Waals surface area contributed by atoms with Crippen molar-refractivity contribution in [2.45, 2.75) is 17.1 Å². The maximum atomic E-state index is 12.7. The van der Waals surface area contributed by atoms with Gasteiger partial charge in [0.05, 0.1) is 0 Å². The molecule has 34 heavy (non-hydrogen) atoms. The van der Waals surface area contributed by atoms with Gasteiger partial charge in [0.25, 0.3) is 15.9 Å². The molecule has 0 radical (unpaired) electrons. The summed E-state index contributed by atoms with van der Waals surface area (Å²) in [5.41, 5.74) is 6.43. The van der Waals surface area contributed by atoms with Gasteiger partial charge in [-0.2, -0.15) is 5.10 Å². The van der Waals surface area contributed by atoms with Crippen molar-refractivity contribution < 1.29 is 13.2 Å². The molecule has 3 aromatic carbocycles. The molecular formula is C26H23N3O3S2. The SMILES string of the molecule is O=C(NN=C(Cc1ccccc1)Cc1ccccc1)c1ccc(NS(=O)(=O)c2cccs2)cc1. The molecule has 8 heteroatoms. The van der Waals surface area contributed by atoms with E-state index in [1.807, 2.05) is 60.7 Å². The lowest BCUT2D eigenvalue weighted by Crippen LogP contribution is -2.21. The van der Waals surface area contributed by atoms with Gasteiger partial charge in [0.15, 0.2) is 0 Å². The lowest BCUT2D eigenvalue weighted by molar-refractivity contribution is 0.0954. The van der Waals surface area contributed by atoms with Gasteiger partial charge in [-0.3, -0.25) is 9.52 Å². The van der Waals surface area contributed by atoms with Gasteiger partial charge in [0.1, 0.15) is 4.21 Å². The number of rotatable bonds is 9. The fourth-order valence-electron chi connectivity index (χ4n) is 3.31. The van der Waals surface area contributed by atoms with Crippen LogP contribution in [0.4, 0.5) is 5.69 Å². The molecule has 0 atom stereocenters. The predicted octanol–water partition coefficient (Wildman–Crippen LogP) is 5.12. The van der Waals surface area contributed by atoms with Crippen LogP contribution < -0.4 is 10.1 Å². The van der Waals surface area contributed by atoms with Crippen molar-refractivity contribution in [1.82, 2.24) is 5.43 Å². The van der Waals surface area contributed by atoms with Crippen LogP contribution in [-0.2, 0) is 22.9 Å². The third kappa shape index (κ3) is 6.40. The van der Waals surface area contributed by atoms with Crippen molar-refractivity contribution in [3.63, 3.8) is 0 Å². The maximum absolute atomic E-state index is 12.7. The van der Waals surface area contributed by atoms with Gasteiger partial charge in [-0.15, -0.1) is 11.3 Å². The molecule has 172 valence electrons. The van der Waals surface area contributed by atoms with Crippen LogP contribution in [-0.4, -0.2) is 20.0 Å². The van der Waals surface area contributed by atoms with Crippen LogP contribution in [0.1, 0.15) is 21.5 Å². The fourth-order valence-corrected chi connectivity index (χ4v) is 5.36. The molecule has 2 N–H and O–H groups in total. The normalized spacial score (nSPS) is 10.9. The number of sulfonamides is 1. The summed E-state index contributed by atoms with van der Waals surface area (Å²) in [6.45, 7) is 0. The summed E-state index contributed by atoms with van der Waals surface area (Å²) < 4.78 is 27.5. The zero-order valence-corrected chi connectivity index (χ0v) is 19.9. The number of hydrogen-bond donors (Lipinski definition) is 2. The monoisotopic (exact) mass is 489 g/mol. The number of anilines is 1. The second kappa shape index (κ2) is 10.9. The molecule has 0 saturated heterocycles. The minimum absolute atomic E-state index is 0.230. The molecule has 0 aliphatic rings. The lowest BCUT2D eigenvalue weighted by Gasteiger charge is -2.09. The van der Waals surface area contributed by atoms with Gasteiger partial charge in [-0.1, -0.05) is 66.7 Å². The number of hydrogen-bond acceptors (Lipinski definition) is 5. The van der Waals surface area contributed by atoms with Crippen molar-refractivity contribution >= 4 is 38.7 Å². The van der Waals surface area contributed by atoms with Gasteiger partial charge in [-0.25, -0.2) is 13.8 Å². The minimum Gasteiger partial charge on any atom is -0.279 e. The minimum atomic E-state index is -3.64. The van der Waals surface area contributed by atoms with Crippen LogP contribution in [0.3, 0.4) is 0 Å². The number of carbonyl (C=O) groups is 1. The van der Waals surface area contributed by atoms with E-state index in [2.05, 4.69) is 15.2 Å². The Hall–Kier alpha value is -3.75. The topological polar surface area (TPSA) is 87.6 Å². The first-order valence-electron chi connectivity index (χ1n) is 10.6. The fraction of sp³-hybridized carbons (Fsp3) is 0.0769. The molecule has 0 saturated carbocycles. The molecule has 1 aromatic heterocycles. The van der Waals surface area contributed by atoms with E-state index in [9.17, 15) is 13.2 Å². The Morgan fingerprint density at radius 3 is 1.88 bits per heavy atom. The van der Waals surface area contributed by atoms with Gasteiger partial charge in [0, 0.05) is 29.8 Å². The molecule has 1 amide bonds. The van der Waals surface area contributed by atoms with Crippen LogP contribution >= 0.6 is 11.3 Å². The smallest absolute Gasteiger partial charge is 0.271 e. The highest BCUT2D eigenvalue weighted by molar-refractivity contribution is 7.94. The summed E-state index contributed by atoms with van der Waals surface area (Å²) in [7, 11) is -3.64. The third-order valence-corrected chi connectivity index (χ3v) is 7.76. The van der Waals surface area contributed by atoms with E-state index in [1.165, 1.54) is 6.07 Å². The zero-order chi connectivity index (χ0) is 23.8. The highest BCUT2D eigenvalue weighted by Gasteiger charge is 2.15. The summed E-state index contributed by atoms with van der Waals surface area (Å²) in [5.74, 6) is -0.369. The van der Waals surface area contributed by atoms with Crippen LogP contribution in [0.2, 0.25) is 0 Å². The van der Waals surface area contributed by atoms with Gasteiger partial charge in [0.2, 0.25) is 0 Å². The molecule has 0 aliphatic heterocycles. The summed E-state index contributed by atoms with van der Waals surface area (Å²) in [6, 6.07) is 29.4. The molecule has 0 fully saturated rings. The van der Waals surface area contributed by atoms with Gasteiger partial charge < -0.3 is 0 Å².